The molecular formula is C10H23NO4S. The van der Waals surface area contributed by atoms with Crippen molar-refractivity contribution in [3.05, 3.63) is 0 Å². The molecule has 16 heavy (non-hydrogen) atoms. The molecule has 0 heterocycles. The summed E-state index contributed by atoms with van der Waals surface area (Å²) < 4.78 is 30.3. The number of aliphatic hydroxyl groups is 1. The molecule has 0 aliphatic carbocycles. The molecule has 98 valence electrons. The van der Waals surface area contributed by atoms with Gasteiger partial charge in [0.2, 0.25) is 10.0 Å². The molecular weight excluding hydrogens is 230 g/mol. The molecule has 0 saturated carbocycles. The summed E-state index contributed by atoms with van der Waals surface area (Å²) in [4.78, 5) is 0. The van der Waals surface area contributed by atoms with E-state index >= 15 is 0 Å². The molecule has 2 N–H and O–H groups in total. The Hall–Kier alpha value is -0.170. The number of nitrogens with one attached hydrogen (secondary N) is 1. The Morgan fingerprint density at radius 2 is 1.81 bits per heavy atom. The molecule has 0 spiro atoms. The van der Waals surface area contributed by atoms with Gasteiger partial charge in [-0.15, -0.1) is 0 Å². The van der Waals surface area contributed by atoms with E-state index in [0.717, 1.165) is 0 Å². The Bertz CT molecular complexity index is 273. The molecule has 0 bridgehead atoms. The van der Waals surface area contributed by atoms with Gasteiger partial charge in [0.15, 0.2) is 0 Å². The van der Waals surface area contributed by atoms with Crippen LogP contribution in [0.3, 0.4) is 0 Å². The van der Waals surface area contributed by atoms with Gasteiger partial charge in [-0.2, -0.15) is 0 Å². The molecule has 0 amide bonds. The molecule has 0 unspecified atom stereocenters. The number of sulfonamides is 1. The first kappa shape index (κ1) is 15.8. The van der Waals surface area contributed by atoms with Crippen molar-refractivity contribution in [2.24, 2.45) is 0 Å². The van der Waals surface area contributed by atoms with Crippen molar-refractivity contribution in [3.8, 4) is 0 Å². The molecule has 0 radical (unpaired) electrons. The Labute approximate surface area is 98.2 Å². The summed E-state index contributed by atoms with van der Waals surface area (Å²) in [6.07, 6.45) is 1.05. The summed E-state index contributed by atoms with van der Waals surface area (Å²) in [5.41, 5.74) is -0.946. The van der Waals surface area contributed by atoms with Gasteiger partial charge < -0.3 is 9.84 Å². The minimum absolute atomic E-state index is 0.0639. The second kappa shape index (κ2) is 7.21. The monoisotopic (exact) mass is 253 g/mol. The maximum atomic E-state index is 11.5. The average molecular weight is 253 g/mol. The van der Waals surface area contributed by atoms with Crippen LogP contribution in [-0.2, 0) is 14.8 Å². The summed E-state index contributed by atoms with van der Waals surface area (Å²) >= 11 is 0. The van der Waals surface area contributed by atoms with E-state index in [0.29, 0.717) is 19.4 Å². The average Bonchev–Trinajstić information content (AvgIpc) is 2.26. The minimum atomic E-state index is -3.34. The fraction of sp³-hybridized carbons (Fsp3) is 1.00. The predicted molar refractivity (Wildman–Crippen MR) is 63.8 cm³/mol. The third kappa shape index (κ3) is 6.42. The third-order valence-corrected chi connectivity index (χ3v) is 3.93. The molecule has 0 aliphatic heterocycles. The van der Waals surface area contributed by atoms with Crippen LogP contribution in [-0.4, -0.2) is 44.6 Å². The van der Waals surface area contributed by atoms with Gasteiger partial charge in [0.25, 0.3) is 0 Å². The van der Waals surface area contributed by atoms with E-state index < -0.39 is 15.6 Å². The lowest BCUT2D eigenvalue weighted by Gasteiger charge is -2.25. The van der Waals surface area contributed by atoms with Gasteiger partial charge in [-0.05, 0) is 19.8 Å². The smallest absolute Gasteiger partial charge is 0.213 e. The van der Waals surface area contributed by atoms with Crippen molar-refractivity contribution in [1.82, 2.24) is 4.72 Å². The molecule has 0 aromatic heterocycles. The second-order valence-electron chi connectivity index (χ2n) is 3.77. The number of hydrogen-bond acceptors (Lipinski definition) is 4. The number of ether oxygens (including phenoxy) is 1. The van der Waals surface area contributed by atoms with Crippen LogP contribution in [0.2, 0.25) is 0 Å². The van der Waals surface area contributed by atoms with Crippen LogP contribution in [0.5, 0.6) is 0 Å². The van der Waals surface area contributed by atoms with Crippen LogP contribution in [0.15, 0.2) is 0 Å². The van der Waals surface area contributed by atoms with Crippen molar-refractivity contribution in [2.45, 2.75) is 39.2 Å². The number of rotatable bonds is 9. The van der Waals surface area contributed by atoms with Gasteiger partial charge in [0.05, 0.1) is 18.0 Å². The summed E-state index contributed by atoms with van der Waals surface area (Å²) in [6.45, 7) is 6.23. The fourth-order valence-electron chi connectivity index (χ4n) is 1.13. The first-order valence-electron chi connectivity index (χ1n) is 5.66. The van der Waals surface area contributed by atoms with Crippen LogP contribution in [0, 0.1) is 0 Å². The summed E-state index contributed by atoms with van der Waals surface area (Å²) in [7, 11) is -3.34. The Morgan fingerprint density at radius 1 is 1.25 bits per heavy atom. The van der Waals surface area contributed by atoms with Gasteiger partial charge in [-0.25, -0.2) is 13.1 Å². The van der Waals surface area contributed by atoms with E-state index in [9.17, 15) is 13.5 Å². The van der Waals surface area contributed by atoms with Gasteiger partial charge in [-0.1, -0.05) is 13.8 Å². The van der Waals surface area contributed by atoms with Crippen LogP contribution in [0.4, 0.5) is 0 Å². The van der Waals surface area contributed by atoms with Crippen molar-refractivity contribution in [2.75, 3.05) is 25.5 Å². The van der Waals surface area contributed by atoms with E-state index in [1.54, 1.807) is 0 Å². The van der Waals surface area contributed by atoms with Crippen molar-refractivity contribution in [3.63, 3.8) is 0 Å². The molecule has 5 nitrogen and oxygen atoms in total. The van der Waals surface area contributed by atoms with Crippen LogP contribution < -0.4 is 4.72 Å². The minimum Gasteiger partial charge on any atom is -0.389 e. The van der Waals surface area contributed by atoms with E-state index in [1.807, 2.05) is 20.8 Å². The molecule has 0 saturated heterocycles. The first-order chi connectivity index (χ1) is 7.39. The molecule has 0 aliphatic rings. The lowest BCUT2D eigenvalue weighted by atomic mass is 9.98. The Balaban J connectivity index is 4.07. The summed E-state index contributed by atoms with van der Waals surface area (Å²) in [5.74, 6) is -0.0651. The highest BCUT2D eigenvalue weighted by molar-refractivity contribution is 7.89. The highest BCUT2D eigenvalue weighted by Gasteiger charge is 2.24. The molecule has 0 aromatic rings. The van der Waals surface area contributed by atoms with Crippen LogP contribution >= 0.6 is 0 Å². The Kier molecular flexibility index (Phi) is 7.14. The predicted octanol–water partition coefficient (Wildman–Crippen LogP) is 0.493. The standard InChI is InChI=1S/C10H23NO4S/c1-4-10(12,5-2)9-11-16(13,14)8-7-15-6-3/h11-12H,4-9H2,1-3H3. The lowest BCUT2D eigenvalue weighted by molar-refractivity contribution is 0.0376. The van der Waals surface area contributed by atoms with Crippen LogP contribution in [0.25, 0.3) is 0 Å². The van der Waals surface area contributed by atoms with E-state index in [1.165, 1.54) is 0 Å². The van der Waals surface area contributed by atoms with Crippen molar-refractivity contribution < 1.29 is 18.3 Å². The number of hydrogen-bond donors (Lipinski definition) is 2. The fourth-order valence-corrected chi connectivity index (χ4v) is 2.10. The van der Waals surface area contributed by atoms with Gasteiger partial charge in [-0.3, -0.25) is 0 Å². The zero-order valence-corrected chi connectivity index (χ0v) is 11.1. The highest BCUT2D eigenvalue weighted by Crippen LogP contribution is 2.13. The van der Waals surface area contributed by atoms with E-state index in [4.69, 9.17) is 4.74 Å². The van der Waals surface area contributed by atoms with Gasteiger partial charge in [0, 0.05) is 13.2 Å². The van der Waals surface area contributed by atoms with Gasteiger partial charge >= 0.3 is 0 Å². The maximum absolute atomic E-state index is 11.5. The SMILES string of the molecule is CCOCCS(=O)(=O)NCC(O)(CC)CC. The Morgan fingerprint density at radius 3 is 2.25 bits per heavy atom. The maximum Gasteiger partial charge on any atom is 0.213 e. The molecule has 0 atom stereocenters. The molecule has 0 aromatic carbocycles. The summed E-state index contributed by atoms with van der Waals surface area (Å²) in [6, 6.07) is 0. The normalized spacial score (nSPS) is 13.0. The first-order valence-corrected chi connectivity index (χ1v) is 7.31. The second-order valence-corrected chi connectivity index (χ2v) is 5.69. The third-order valence-electron chi connectivity index (χ3n) is 2.64. The quantitative estimate of drug-likeness (QED) is 0.587. The lowest BCUT2D eigenvalue weighted by Crippen LogP contribution is -2.43. The molecule has 0 rings (SSSR count). The molecule has 6 heteroatoms. The van der Waals surface area contributed by atoms with E-state index in [2.05, 4.69) is 4.72 Å². The highest BCUT2D eigenvalue weighted by atomic mass is 32.2. The topological polar surface area (TPSA) is 75.6 Å². The largest absolute Gasteiger partial charge is 0.389 e. The van der Waals surface area contributed by atoms with Crippen LogP contribution in [0.1, 0.15) is 33.6 Å². The molecule has 0 fully saturated rings. The van der Waals surface area contributed by atoms with Crippen molar-refractivity contribution >= 4 is 10.0 Å². The zero-order chi connectivity index (χ0) is 12.7. The van der Waals surface area contributed by atoms with E-state index in [-0.39, 0.29) is 18.9 Å². The van der Waals surface area contributed by atoms with Gasteiger partial charge in [0.1, 0.15) is 0 Å². The zero-order valence-electron chi connectivity index (χ0n) is 10.3. The van der Waals surface area contributed by atoms with Crippen molar-refractivity contribution in [1.29, 1.82) is 0 Å². The summed E-state index contributed by atoms with van der Waals surface area (Å²) in [5, 5.41) is 9.91.